The molecule has 0 aromatic heterocycles. The Bertz CT molecular complexity index is 502. The highest BCUT2D eigenvalue weighted by molar-refractivity contribution is 5.39. The number of hydrogen-bond acceptors (Lipinski definition) is 2. The zero-order valence-electron chi connectivity index (χ0n) is 12.1. The largest absolute Gasteiger partial charge is 0.486 e. The van der Waals surface area contributed by atoms with Gasteiger partial charge in [-0.3, -0.25) is 0 Å². The van der Waals surface area contributed by atoms with Crippen LogP contribution < -0.4 is 4.74 Å². The van der Waals surface area contributed by atoms with Crippen molar-refractivity contribution >= 4 is 0 Å². The van der Waals surface area contributed by atoms with E-state index in [0.29, 0.717) is 11.8 Å². The molecule has 19 heavy (non-hydrogen) atoms. The zero-order chi connectivity index (χ0) is 13.6. The van der Waals surface area contributed by atoms with E-state index >= 15 is 0 Å². The average molecular weight is 258 g/mol. The lowest BCUT2D eigenvalue weighted by molar-refractivity contribution is 0.0102. The second-order valence-corrected chi connectivity index (χ2v) is 6.06. The van der Waals surface area contributed by atoms with Gasteiger partial charge in [0.1, 0.15) is 11.9 Å². The van der Waals surface area contributed by atoms with Crippen LogP contribution in [0.15, 0.2) is 35.9 Å². The molecule has 2 heteroatoms. The standard InChI is InChI=1S/C17H22O2/c1-10(2)9-15-16-11(3)12(4)18-17(16)13-7-5-6-8-14(13)19-15/h5-9,11-12,15-17H,1-4H3/t11-,12-,15-,16-,17+/m1/s1. The predicted octanol–water partition coefficient (Wildman–Crippen LogP) is 4.13. The third-order valence-corrected chi connectivity index (χ3v) is 4.42. The SMILES string of the molecule is CC(C)=C[C@H]1Oc2ccccc2[C@@H]2O[C@H](C)[C@@H](C)[C@H]12. The lowest BCUT2D eigenvalue weighted by Gasteiger charge is -2.35. The first kappa shape index (κ1) is 12.7. The van der Waals surface area contributed by atoms with Gasteiger partial charge in [0.2, 0.25) is 0 Å². The first-order valence-corrected chi connectivity index (χ1v) is 7.14. The molecule has 1 saturated heterocycles. The van der Waals surface area contributed by atoms with Gasteiger partial charge < -0.3 is 9.47 Å². The molecule has 0 bridgehead atoms. The van der Waals surface area contributed by atoms with Crippen molar-refractivity contribution in [3.8, 4) is 5.75 Å². The molecule has 0 N–H and O–H groups in total. The van der Waals surface area contributed by atoms with E-state index in [9.17, 15) is 0 Å². The van der Waals surface area contributed by atoms with Crippen LogP contribution in [-0.2, 0) is 4.74 Å². The first-order valence-electron chi connectivity index (χ1n) is 7.14. The Morgan fingerprint density at radius 2 is 1.89 bits per heavy atom. The van der Waals surface area contributed by atoms with Crippen molar-refractivity contribution in [2.45, 2.75) is 46.0 Å². The summed E-state index contributed by atoms with van der Waals surface area (Å²) in [5.41, 5.74) is 2.51. The Hall–Kier alpha value is -1.28. The van der Waals surface area contributed by atoms with Crippen LogP contribution >= 0.6 is 0 Å². The lowest BCUT2D eigenvalue weighted by atomic mass is 9.79. The number of ether oxygens (including phenoxy) is 2. The molecule has 0 saturated carbocycles. The van der Waals surface area contributed by atoms with Gasteiger partial charge in [0.05, 0.1) is 12.2 Å². The minimum atomic E-state index is 0.129. The third kappa shape index (κ3) is 2.08. The average Bonchev–Trinajstić information content (AvgIpc) is 2.66. The molecule has 1 aromatic rings. The number of rotatable bonds is 1. The number of benzene rings is 1. The molecule has 102 valence electrons. The topological polar surface area (TPSA) is 18.5 Å². The summed E-state index contributed by atoms with van der Waals surface area (Å²) in [5.74, 6) is 1.91. The Balaban J connectivity index is 2.05. The Morgan fingerprint density at radius 1 is 1.16 bits per heavy atom. The normalized spacial score (nSPS) is 36.1. The molecule has 2 aliphatic heterocycles. The molecule has 2 nitrogen and oxygen atoms in total. The van der Waals surface area contributed by atoms with Crippen molar-refractivity contribution < 1.29 is 9.47 Å². The summed E-state index contributed by atoms with van der Waals surface area (Å²) >= 11 is 0. The van der Waals surface area contributed by atoms with Gasteiger partial charge in [-0.05, 0) is 38.8 Å². The smallest absolute Gasteiger partial charge is 0.126 e. The molecule has 3 rings (SSSR count). The van der Waals surface area contributed by atoms with Crippen LogP contribution in [-0.4, -0.2) is 12.2 Å². The van der Waals surface area contributed by atoms with E-state index in [1.165, 1.54) is 11.1 Å². The van der Waals surface area contributed by atoms with Crippen LogP contribution in [0.1, 0.15) is 39.4 Å². The van der Waals surface area contributed by atoms with Gasteiger partial charge in [-0.25, -0.2) is 0 Å². The summed E-state index contributed by atoms with van der Waals surface area (Å²) in [6, 6.07) is 8.28. The number of para-hydroxylation sites is 1. The summed E-state index contributed by atoms with van der Waals surface area (Å²) < 4.78 is 12.4. The number of fused-ring (bicyclic) bond motifs is 3. The molecule has 5 atom stereocenters. The van der Waals surface area contributed by atoms with Gasteiger partial charge in [-0.15, -0.1) is 0 Å². The van der Waals surface area contributed by atoms with Gasteiger partial charge in [0, 0.05) is 11.5 Å². The van der Waals surface area contributed by atoms with E-state index in [1.54, 1.807) is 0 Å². The fourth-order valence-corrected chi connectivity index (χ4v) is 3.31. The molecule has 0 radical (unpaired) electrons. The molecule has 2 heterocycles. The summed E-state index contributed by atoms with van der Waals surface area (Å²) in [6.07, 6.45) is 2.84. The van der Waals surface area contributed by atoms with Gasteiger partial charge in [0.25, 0.3) is 0 Å². The summed E-state index contributed by atoms with van der Waals surface area (Å²) in [4.78, 5) is 0. The summed E-state index contributed by atoms with van der Waals surface area (Å²) in [5, 5.41) is 0. The maximum Gasteiger partial charge on any atom is 0.126 e. The monoisotopic (exact) mass is 258 g/mol. The molecular formula is C17H22O2. The molecule has 1 fully saturated rings. The van der Waals surface area contributed by atoms with E-state index in [0.717, 1.165) is 5.75 Å². The molecule has 0 amide bonds. The van der Waals surface area contributed by atoms with Crippen LogP contribution in [0.2, 0.25) is 0 Å². The fraction of sp³-hybridized carbons (Fsp3) is 0.529. The van der Waals surface area contributed by atoms with Crippen molar-refractivity contribution in [2.24, 2.45) is 11.8 Å². The number of hydrogen-bond donors (Lipinski definition) is 0. The Kier molecular flexibility index (Phi) is 3.14. The molecule has 0 spiro atoms. The van der Waals surface area contributed by atoms with Gasteiger partial charge in [-0.2, -0.15) is 0 Å². The van der Waals surface area contributed by atoms with Crippen molar-refractivity contribution in [2.75, 3.05) is 0 Å². The maximum atomic E-state index is 6.22. The quantitative estimate of drug-likeness (QED) is 0.705. The van der Waals surface area contributed by atoms with Crippen molar-refractivity contribution in [1.82, 2.24) is 0 Å². The maximum absolute atomic E-state index is 6.22. The molecule has 0 aliphatic carbocycles. The summed E-state index contributed by atoms with van der Waals surface area (Å²) in [7, 11) is 0. The van der Waals surface area contributed by atoms with E-state index < -0.39 is 0 Å². The van der Waals surface area contributed by atoms with E-state index in [1.807, 2.05) is 6.07 Å². The molecule has 2 aliphatic rings. The van der Waals surface area contributed by atoms with Crippen LogP contribution in [0.3, 0.4) is 0 Å². The predicted molar refractivity (Wildman–Crippen MR) is 76.2 cm³/mol. The van der Waals surface area contributed by atoms with Gasteiger partial charge in [0.15, 0.2) is 0 Å². The third-order valence-electron chi connectivity index (χ3n) is 4.42. The first-order chi connectivity index (χ1) is 9.08. The fourth-order valence-electron chi connectivity index (χ4n) is 3.31. The minimum Gasteiger partial charge on any atom is -0.486 e. The minimum absolute atomic E-state index is 0.129. The molecular weight excluding hydrogens is 236 g/mol. The van der Waals surface area contributed by atoms with Gasteiger partial charge in [-0.1, -0.05) is 30.7 Å². The highest BCUT2D eigenvalue weighted by Crippen LogP contribution is 2.50. The second kappa shape index (κ2) is 4.68. The van der Waals surface area contributed by atoms with E-state index in [2.05, 4.69) is 52.0 Å². The highest BCUT2D eigenvalue weighted by Gasteiger charge is 2.48. The van der Waals surface area contributed by atoms with Crippen LogP contribution in [0, 0.1) is 11.8 Å². The van der Waals surface area contributed by atoms with E-state index in [4.69, 9.17) is 9.47 Å². The second-order valence-electron chi connectivity index (χ2n) is 6.06. The lowest BCUT2D eigenvalue weighted by Crippen LogP contribution is -2.35. The van der Waals surface area contributed by atoms with Crippen molar-refractivity contribution in [3.63, 3.8) is 0 Å². The van der Waals surface area contributed by atoms with Crippen molar-refractivity contribution in [3.05, 3.63) is 41.5 Å². The molecule has 1 aromatic carbocycles. The van der Waals surface area contributed by atoms with E-state index in [-0.39, 0.29) is 18.3 Å². The number of allylic oxidation sites excluding steroid dienone is 1. The Labute approximate surface area is 115 Å². The van der Waals surface area contributed by atoms with Crippen LogP contribution in [0.4, 0.5) is 0 Å². The van der Waals surface area contributed by atoms with Crippen LogP contribution in [0.5, 0.6) is 5.75 Å². The van der Waals surface area contributed by atoms with Crippen LogP contribution in [0.25, 0.3) is 0 Å². The highest BCUT2D eigenvalue weighted by atomic mass is 16.5. The van der Waals surface area contributed by atoms with Crippen molar-refractivity contribution in [1.29, 1.82) is 0 Å². The molecule has 0 unspecified atom stereocenters. The summed E-state index contributed by atoms with van der Waals surface area (Å²) in [6.45, 7) is 8.70. The Morgan fingerprint density at radius 3 is 2.63 bits per heavy atom. The zero-order valence-corrected chi connectivity index (χ0v) is 12.1. The van der Waals surface area contributed by atoms with Gasteiger partial charge >= 0.3 is 0 Å².